The van der Waals surface area contributed by atoms with Crippen LogP contribution >= 0.6 is 0 Å². The highest BCUT2D eigenvalue weighted by molar-refractivity contribution is 5.92. The maximum Gasteiger partial charge on any atom is 0.337 e. The summed E-state index contributed by atoms with van der Waals surface area (Å²) in [5.74, 6) is -0.0299. The van der Waals surface area contributed by atoms with Gasteiger partial charge in [-0.1, -0.05) is 0 Å². The number of hydrogen-bond donors (Lipinski definition) is 1. The molecule has 0 atom stereocenters. The SMILES string of the molecule is COC(=O)c1ccc(OCC(=O)Nc2ccc(N3CCCCC3)cc2)c(OC)c1. The van der Waals surface area contributed by atoms with Gasteiger partial charge in [-0.25, -0.2) is 4.79 Å². The molecule has 0 bridgehead atoms. The predicted octanol–water partition coefficient (Wildman–Crippen LogP) is 3.49. The molecule has 1 aliphatic rings. The highest BCUT2D eigenvalue weighted by atomic mass is 16.5. The molecule has 0 aromatic heterocycles. The second kappa shape index (κ2) is 9.82. The van der Waals surface area contributed by atoms with Crippen LogP contribution in [0, 0.1) is 0 Å². The Bertz CT molecular complexity index is 845. The number of anilines is 2. The Morgan fingerprint density at radius 1 is 0.966 bits per heavy atom. The lowest BCUT2D eigenvalue weighted by Gasteiger charge is -2.28. The Hall–Kier alpha value is -3.22. The van der Waals surface area contributed by atoms with E-state index in [2.05, 4.69) is 15.0 Å². The molecule has 1 N–H and O–H groups in total. The number of methoxy groups -OCH3 is 2. The average Bonchev–Trinajstić information content (AvgIpc) is 2.78. The largest absolute Gasteiger partial charge is 0.493 e. The molecule has 1 amide bonds. The monoisotopic (exact) mass is 398 g/mol. The number of carbonyl (C=O) groups is 2. The van der Waals surface area contributed by atoms with Crippen molar-refractivity contribution in [2.45, 2.75) is 19.3 Å². The molecule has 1 saturated heterocycles. The summed E-state index contributed by atoms with van der Waals surface area (Å²) in [6, 6.07) is 12.5. The number of rotatable bonds is 7. The Morgan fingerprint density at radius 3 is 2.34 bits per heavy atom. The number of esters is 1. The molecule has 0 aliphatic carbocycles. The molecule has 2 aromatic rings. The van der Waals surface area contributed by atoms with Gasteiger partial charge in [0.05, 0.1) is 19.8 Å². The number of nitrogens with zero attached hydrogens (tertiary/aromatic N) is 1. The van der Waals surface area contributed by atoms with Gasteiger partial charge < -0.3 is 24.4 Å². The molecule has 0 radical (unpaired) electrons. The van der Waals surface area contributed by atoms with Crippen LogP contribution in [-0.4, -0.2) is 45.8 Å². The topological polar surface area (TPSA) is 77.1 Å². The normalized spacial score (nSPS) is 13.5. The number of nitrogens with one attached hydrogen (secondary N) is 1. The van der Waals surface area contributed by atoms with Crippen LogP contribution in [0.1, 0.15) is 29.6 Å². The van der Waals surface area contributed by atoms with Gasteiger partial charge in [-0.2, -0.15) is 0 Å². The highest BCUT2D eigenvalue weighted by Gasteiger charge is 2.14. The molecular formula is C22H26N2O5. The third-order valence-electron chi connectivity index (χ3n) is 4.82. The fourth-order valence-corrected chi connectivity index (χ4v) is 3.28. The van der Waals surface area contributed by atoms with E-state index in [1.807, 2.05) is 24.3 Å². The molecule has 0 unspecified atom stereocenters. The van der Waals surface area contributed by atoms with Crippen molar-refractivity contribution in [1.82, 2.24) is 0 Å². The highest BCUT2D eigenvalue weighted by Crippen LogP contribution is 2.28. The first-order chi connectivity index (χ1) is 14.1. The third-order valence-corrected chi connectivity index (χ3v) is 4.82. The second-order valence-corrected chi connectivity index (χ2v) is 6.79. The number of benzene rings is 2. The van der Waals surface area contributed by atoms with Crippen LogP contribution < -0.4 is 19.7 Å². The number of hydrogen-bond acceptors (Lipinski definition) is 6. The summed E-state index contributed by atoms with van der Waals surface area (Å²) in [7, 11) is 2.77. The van der Waals surface area contributed by atoms with Crippen LogP contribution in [0.2, 0.25) is 0 Å². The van der Waals surface area contributed by atoms with Crippen molar-refractivity contribution in [3.05, 3.63) is 48.0 Å². The quantitative estimate of drug-likeness (QED) is 0.720. The van der Waals surface area contributed by atoms with Gasteiger partial charge in [0.15, 0.2) is 18.1 Å². The van der Waals surface area contributed by atoms with Crippen LogP contribution in [0.5, 0.6) is 11.5 Å². The van der Waals surface area contributed by atoms with Crippen molar-refractivity contribution in [1.29, 1.82) is 0 Å². The lowest BCUT2D eigenvalue weighted by Crippen LogP contribution is -2.29. The molecule has 29 heavy (non-hydrogen) atoms. The third kappa shape index (κ3) is 5.40. The summed E-state index contributed by atoms with van der Waals surface area (Å²) < 4.78 is 15.5. The van der Waals surface area contributed by atoms with Gasteiger partial charge in [-0.15, -0.1) is 0 Å². The van der Waals surface area contributed by atoms with Gasteiger partial charge in [0.2, 0.25) is 0 Å². The number of ether oxygens (including phenoxy) is 3. The van der Waals surface area contributed by atoms with E-state index in [1.54, 1.807) is 12.1 Å². The summed E-state index contributed by atoms with van der Waals surface area (Å²) in [6.45, 7) is 1.98. The summed E-state index contributed by atoms with van der Waals surface area (Å²) in [4.78, 5) is 26.2. The van der Waals surface area contributed by atoms with E-state index in [4.69, 9.17) is 9.47 Å². The molecule has 3 rings (SSSR count). The zero-order chi connectivity index (χ0) is 20.6. The van der Waals surface area contributed by atoms with Crippen molar-refractivity contribution in [3.8, 4) is 11.5 Å². The van der Waals surface area contributed by atoms with Gasteiger partial charge in [0.1, 0.15) is 0 Å². The molecular weight excluding hydrogens is 372 g/mol. The van der Waals surface area contributed by atoms with E-state index >= 15 is 0 Å². The van der Waals surface area contributed by atoms with Crippen molar-refractivity contribution < 1.29 is 23.8 Å². The van der Waals surface area contributed by atoms with E-state index in [0.717, 1.165) is 13.1 Å². The number of piperidine rings is 1. The minimum atomic E-state index is -0.472. The Morgan fingerprint density at radius 2 is 1.69 bits per heavy atom. The zero-order valence-electron chi connectivity index (χ0n) is 16.8. The molecule has 0 spiro atoms. The van der Waals surface area contributed by atoms with E-state index in [-0.39, 0.29) is 12.5 Å². The minimum absolute atomic E-state index is 0.179. The summed E-state index contributed by atoms with van der Waals surface area (Å²) in [5.41, 5.74) is 2.23. The fourth-order valence-electron chi connectivity index (χ4n) is 3.28. The summed E-state index contributed by atoms with van der Waals surface area (Å²) >= 11 is 0. The molecule has 1 heterocycles. The van der Waals surface area contributed by atoms with Crippen molar-refractivity contribution in [2.75, 3.05) is 44.1 Å². The average molecular weight is 398 g/mol. The van der Waals surface area contributed by atoms with E-state index < -0.39 is 5.97 Å². The standard InChI is InChI=1S/C22H26N2O5/c1-27-20-14-16(22(26)28-2)6-11-19(20)29-15-21(25)23-17-7-9-18(10-8-17)24-12-4-3-5-13-24/h6-11,14H,3-5,12-13,15H2,1-2H3,(H,23,25). The Kier molecular flexibility index (Phi) is 6.94. The van der Waals surface area contributed by atoms with Gasteiger partial charge in [-0.05, 0) is 61.7 Å². The van der Waals surface area contributed by atoms with E-state index in [1.165, 1.54) is 45.2 Å². The zero-order valence-corrected chi connectivity index (χ0v) is 16.8. The number of carbonyl (C=O) groups excluding carboxylic acids is 2. The van der Waals surface area contributed by atoms with Crippen LogP contribution in [0.4, 0.5) is 11.4 Å². The van der Waals surface area contributed by atoms with Gasteiger partial charge in [0.25, 0.3) is 5.91 Å². The molecule has 2 aromatic carbocycles. The molecule has 1 aliphatic heterocycles. The van der Waals surface area contributed by atoms with Crippen LogP contribution in [0.15, 0.2) is 42.5 Å². The molecule has 7 nitrogen and oxygen atoms in total. The van der Waals surface area contributed by atoms with Crippen LogP contribution in [0.3, 0.4) is 0 Å². The number of amides is 1. The van der Waals surface area contributed by atoms with Crippen LogP contribution in [-0.2, 0) is 9.53 Å². The maximum absolute atomic E-state index is 12.2. The Balaban J connectivity index is 1.55. The van der Waals surface area contributed by atoms with Gasteiger partial charge >= 0.3 is 5.97 Å². The Labute approximate surface area is 170 Å². The van der Waals surface area contributed by atoms with Crippen molar-refractivity contribution in [3.63, 3.8) is 0 Å². The minimum Gasteiger partial charge on any atom is -0.493 e. The lowest BCUT2D eigenvalue weighted by molar-refractivity contribution is -0.118. The summed E-state index contributed by atoms with van der Waals surface area (Å²) in [5, 5.41) is 2.82. The van der Waals surface area contributed by atoms with E-state index in [0.29, 0.717) is 22.7 Å². The molecule has 7 heteroatoms. The van der Waals surface area contributed by atoms with Gasteiger partial charge in [0, 0.05) is 24.5 Å². The second-order valence-electron chi connectivity index (χ2n) is 6.79. The fraction of sp³-hybridized carbons (Fsp3) is 0.364. The maximum atomic E-state index is 12.2. The first-order valence-corrected chi connectivity index (χ1v) is 9.64. The first-order valence-electron chi connectivity index (χ1n) is 9.64. The smallest absolute Gasteiger partial charge is 0.337 e. The van der Waals surface area contributed by atoms with Crippen LogP contribution in [0.25, 0.3) is 0 Å². The predicted molar refractivity (Wildman–Crippen MR) is 111 cm³/mol. The van der Waals surface area contributed by atoms with Crippen molar-refractivity contribution >= 4 is 23.3 Å². The van der Waals surface area contributed by atoms with Gasteiger partial charge in [-0.3, -0.25) is 4.79 Å². The van der Waals surface area contributed by atoms with E-state index in [9.17, 15) is 9.59 Å². The lowest BCUT2D eigenvalue weighted by atomic mass is 10.1. The first kappa shape index (κ1) is 20.5. The molecule has 154 valence electrons. The summed E-state index contributed by atoms with van der Waals surface area (Å²) in [6.07, 6.45) is 3.74. The van der Waals surface area contributed by atoms with Crippen molar-refractivity contribution in [2.24, 2.45) is 0 Å². The molecule has 0 saturated carbocycles. The molecule has 1 fully saturated rings.